The normalized spacial score (nSPS) is 14.8. The Morgan fingerprint density at radius 3 is 2.13 bits per heavy atom. The molecule has 2 nitrogen and oxygen atoms in total. The van der Waals surface area contributed by atoms with Gasteiger partial charge in [0.2, 0.25) is 0 Å². The van der Waals surface area contributed by atoms with Gasteiger partial charge in [0.05, 0.1) is 0 Å². The molecule has 0 radical (unpaired) electrons. The van der Waals surface area contributed by atoms with E-state index in [-0.39, 0.29) is 5.82 Å². The highest BCUT2D eigenvalue weighted by molar-refractivity contribution is 5.62. The number of carbonyl (C=O) groups is 1. The zero-order valence-electron chi connectivity index (χ0n) is 8.74. The summed E-state index contributed by atoms with van der Waals surface area (Å²) in [6.45, 7) is 1.08. The van der Waals surface area contributed by atoms with Crippen molar-refractivity contribution >= 4 is 5.97 Å². The van der Waals surface area contributed by atoms with Crippen LogP contribution in [0.25, 0.3) is 0 Å². The number of aliphatic carboxylic acids is 1. The minimum Gasteiger partial charge on any atom is -0.481 e. The van der Waals surface area contributed by atoms with Crippen molar-refractivity contribution in [3.63, 3.8) is 0 Å². The van der Waals surface area contributed by atoms with E-state index in [0.29, 0.717) is 0 Å². The Hall–Kier alpha value is -1.38. The van der Waals surface area contributed by atoms with Crippen molar-refractivity contribution in [2.24, 2.45) is 0 Å². The lowest BCUT2D eigenvalue weighted by Gasteiger charge is -2.25. The maximum absolute atomic E-state index is 12.5. The lowest BCUT2D eigenvalue weighted by Crippen LogP contribution is -2.08. The van der Waals surface area contributed by atoms with Crippen LogP contribution in [0.2, 0.25) is 0 Å². The van der Waals surface area contributed by atoms with Gasteiger partial charge in [0.15, 0.2) is 0 Å². The molecular formula is C12H15FO2. The van der Waals surface area contributed by atoms with E-state index >= 15 is 0 Å². The molecular weight excluding hydrogens is 195 g/mol. The van der Waals surface area contributed by atoms with Gasteiger partial charge in [-0.2, -0.15) is 0 Å². The van der Waals surface area contributed by atoms with Crippen molar-refractivity contribution in [1.82, 2.24) is 0 Å². The van der Waals surface area contributed by atoms with Crippen LogP contribution < -0.4 is 0 Å². The van der Waals surface area contributed by atoms with E-state index in [2.05, 4.69) is 0 Å². The standard InChI is InChI=1S/C10H11F.C2H4O2/c11-10-6-4-9(5-7-10)8-2-1-3-8;1-2(3)4/h4-8H,1-3H2;1H3,(H,3,4). The third kappa shape index (κ3) is 4.11. The first kappa shape index (κ1) is 11.7. The molecule has 1 aliphatic rings. The van der Waals surface area contributed by atoms with Crippen molar-refractivity contribution in [3.8, 4) is 0 Å². The highest BCUT2D eigenvalue weighted by Gasteiger charge is 2.18. The van der Waals surface area contributed by atoms with Crippen LogP contribution in [0.5, 0.6) is 0 Å². The van der Waals surface area contributed by atoms with E-state index in [1.54, 1.807) is 12.1 Å². The van der Waals surface area contributed by atoms with Gasteiger partial charge in [-0.1, -0.05) is 18.6 Å². The number of benzene rings is 1. The minimum atomic E-state index is -0.833. The summed E-state index contributed by atoms with van der Waals surface area (Å²) in [5.74, 6) is -0.247. The van der Waals surface area contributed by atoms with Crippen molar-refractivity contribution < 1.29 is 14.3 Å². The van der Waals surface area contributed by atoms with Gasteiger partial charge in [0.25, 0.3) is 5.97 Å². The van der Waals surface area contributed by atoms with Gasteiger partial charge in [-0.15, -0.1) is 0 Å². The molecule has 3 heteroatoms. The molecule has 2 rings (SSSR count). The predicted molar refractivity (Wildman–Crippen MR) is 56.3 cm³/mol. The molecule has 0 bridgehead atoms. The van der Waals surface area contributed by atoms with E-state index in [0.717, 1.165) is 12.8 Å². The number of carboxylic acids is 1. The van der Waals surface area contributed by atoms with E-state index in [9.17, 15) is 4.39 Å². The summed E-state index contributed by atoms with van der Waals surface area (Å²) >= 11 is 0. The number of hydrogen-bond donors (Lipinski definition) is 1. The second-order valence-electron chi connectivity index (χ2n) is 3.70. The SMILES string of the molecule is CC(=O)O.Fc1ccc(C2CCC2)cc1. The van der Waals surface area contributed by atoms with Crippen LogP contribution in [-0.2, 0) is 4.79 Å². The summed E-state index contributed by atoms with van der Waals surface area (Å²) in [7, 11) is 0. The van der Waals surface area contributed by atoms with Crippen LogP contribution in [0, 0.1) is 5.82 Å². The number of carboxylic acid groups (broad SMARTS) is 1. The molecule has 82 valence electrons. The van der Waals surface area contributed by atoms with Gasteiger partial charge < -0.3 is 5.11 Å². The van der Waals surface area contributed by atoms with Gasteiger partial charge in [0, 0.05) is 6.92 Å². The Labute approximate surface area is 88.7 Å². The van der Waals surface area contributed by atoms with Gasteiger partial charge in [-0.3, -0.25) is 4.79 Å². The average Bonchev–Trinajstić information content (AvgIpc) is 2.04. The Morgan fingerprint density at radius 1 is 1.33 bits per heavy atom. The monoisotopic (exact) mass is 210 g/mol. The van der Waals surface area contributed by atoms with Crippen molar-refractivity contribution in [2.75, 3.05) is 0 Å². The van der Waals surface area contributed by atoms with Crippen molar-refractivity contribution in [1.29, 1.82) is 0 Å². The highest BCUT2D eigenvalue weighted by Crippen LogP contribution is 2.35. The highest BCUT2D eigenvalue weighted by atomic mass is 19.1. The van der Waals surface area contributed by atoms with Crippen molar-refractivity contribution in [2.45, 2.75) is 32.1 Å². The molecule has 0 saturated heterocycles. The van der Waals surface area contributed by atoms with Gasteiger partial charge >= 0.3 is 0 Å². The predicted octanol–water partition coefficient (Wildman–Crippen LogP) is 3.18. The molecule has 1 aromatic rings. The van der Waals surface area contributed by atoms with E-state index < -0.39 is 5.97 Å². The summed E-state index contributed by atoms with van der Waals surface area (Å²) in [4.78, 5) is 9.00. The fourth-order valence-electron chi connectivity index (χ4n) is 1.48. The summed E-state index contributed by atoms with van der Waals surface area (Å²) in [6, 6.07) is 6.90. The average molecular weight is 210 g/mol. The third-order valence-corrected chi connectivity index (χ3v) is 2.45. The molecule has 1 saturated carbocycles. The van der Waals surface area contributed by atoms with Crippen LogP contribution >= 0.6 is 0 Å². The maximum atomic E-state index is 12.5. The molecule has 1 fully saturated rings. The topological polar surface area (TPSA) is 37.3 Å². The molecule has 0 heterocycles. The summed E-state index contributed by atoms with van der Waals surface area (Å²) in [5.41, 5.74) is 1.30. The number of halogens is 1. The molecule has 1 aromatic carbocycles. The molecule has 0 spiro atoms. The minimum absolute atomic E-state index is 0.131. The fourth-order valence-corrected chi connectivity index (χ4v) is 1.48. The smallest absolute Gasteiger partial charge is 0.300 e. The molecule has 0 aliphatic heterocycles. The number of hydrogen-bond acceptors (Lipinski definition) is 1. The molecule has 0 unspecified atom stereocenters. The summed E-state index contributed by atoms with van der Waals surface area (Å²) in [6.07, 6.45) is 3.90. The Kier molecular flexibility index (Phi) is 4.28. The van der Waals surface area contributed by atoms with Crippen molar-refractivity contribution in [3.05, 3.63) is 35.6 Å². The second kappa shape index (κ2) is 5.49. The second-order valence-corrected chi connectivity index (χ2v) is 3.70. The third-order valence-electron chi connectivity index (χ3n) is 2.45. The van der Waals surface area contributed by atoms with Gasteiger partial charge in [0.1, 0.15) is 5.82 Å². The van der Waals surface area contributed by atoms with Gasteiger partial charge in [-0.05, 0) is 36.5 Å². The zero-order valence-corrected chi connectivity index (χ0v) is 8.74. The Balaban J connectivity index is 0.000000245. The van der Waals surface area contributed by atoms with Gasteiger partial charge in [-0.25, -0.2) is 4.39 Å². The first-order chi connectivity index (χ1) is 7.09. The van der Waals surface area contributed by atoms with E-state index in [4.69, 9.17) is 9.90 Å². The largest absolute Gasteiger partial charge is 0.481 e. The first-order valence-corrected chi connectivity index (χ1v) is 5.04. The molecule has 0 aromatic heterocycles. The van der Waals surface area contributed by atoms with Crippen LogP contribution in [0.4, 0.5) is 4.39 Å². The lowest BCUT2D eigenvalue weighted by atomic mass is 9.80. The van der Waals surface area contributed by atoms with Crippen LogP contribution in [0.15, 0.2) is 24.3 Å². The van der Waals surface area contributed by atoms with E-state index in [1.807, 2.05) is 12.1 Å². The molecule has 1 aliphatic carbocycles. The Morgan fingerprint density at radius 2 is 1.80 bits per heavy atom. The zero-order chi connectivity index (χ0) is 11.3. The lowest BCUT2D eigenvalue weighted by molar-refractivity contribution is -0.134. The number of rotatable bonds is 1. The molecule has 1 N–H and O–H groups in total. The molecule has 15 heavy (non-hydrogen) atoms. The summed E-state index contributed by atoms with van der Waals surface area (Å²) < 4.78 is 12.5. The molecule has 0 atom stereocenters. The molecule has 0 amide bonds. The quantitative estimate of drug-likeness (QED) is 0.772. The first-order valence-electron chi connectivity index (χ1n) is 5.04. The van der Waals surface area contributed by atoms with Crippen LogP contribution in [0.3, 0.4) is 0 Å². The summed E-state index contributed by atoms with van der Waals surface area (Å²) in [5, 5.41) is 7.42. The maximum Gasteiger partial charge on any atom is 0.300 e. The van der Waals surface area contributed by atoms with E-state index in [1.165, 1.54) is 24.8 Å². The fraction of sp³-hybridized carbons (Fsp3) is 0.417. The Bertz CT molecular complexity index is 311. The van der Waals surface area contributed by atoms with Crippen LogP contribution in [0.1, 0.15) is 37.7 Å². The van der Waals surface area contributed by atoms with Crippen LogP contribution in [-0.4, -0.2) is 11.1 Å².